The first-order valence-electron chi connectivity index (χ1n) is 11.0. The molecule has 0 bridgehead atoms. The molecule has 0 aliphatic carbocycles. The zero-order valence-corrected chi connectivity index (χ0v) is 18.6. The summed E-state index contributed by atoms with van der Waals surface area (Å²) in [6, 6.07) is 14.1. The van der Waals surface area contributed by atoms with Gasteiger partial charge in [-0.05, 0) is 48.6 Å². The zero-order valence-electron chi connectivity index (χ0n) is 18.6. The molecule has 1 saturated heterocycles. The van der Waals surface area contributed by atoms with Crippen molar-refractivity contribution in [3.05, 3.63) is 94.9 Å². The van der Waals surface area contributed by atoms with Crippen LogP contribution in [0.15, 0.2) is 77.4 Å². The Morgan fingerprint density at radius 2 is 2.03 bits per heavy atom. The minimum absolute atomic E-state index is 0.0281. The topological polar surface area (TPSA) is 89.6 Å². The number of hydrogen-bond donors (Lipinski definition) is 1. The molecule has 1 fully saturated rings. The number of ether oxygens (including phenoxy) is 2. The van der Waals surface area contributed by atoms with Crippen molar-refractivity contribution in [1.82, 2.24) is 9.78 Å². The van der Waals surface area contributed by atoms with Crippen LogP contribution in [0.2, 0.25) is 0 Å². The van der Waals surface area contributed by atoms with Crippen molar-refractivity contribution in [3.8, 4) is 11.4 Å². The monoisotopic (exact) mass is 460 g/mol. The molecular weight excluding hydrogens is 435 g/mol. The number of halogens is 1. The predicted octanol–water partition coefficient (Wildman–Crippen LogP) is 4.95. The van der Waals surface area contributed by atoms with E-state index in [1.807, 2.05) is 24.3 Å². The van der Waals surface area contributed by atoms with Crippen LogP contribution in [-0.2, 0) is 4.74 Å². The first-order chi connectivity index (χ1) is 16.6. The molecule has 1 aliphatic rings. The van der Waals surface area contributed by atoms with Crippen molar-refractivity contribution in [2.75, 3.05) is 13.2 Å². The Hall–Kier alpha value is -3.91. The SMILES string of the molecule is C=COc1cn(-c2ccc(C3CCOCC3)cc2F)nc(C(CC=N)=Nc2ccccc2)c1=O. The smallest absolute Gasteiger partial charge is 0.251 e. The Labute approximate surface area is 196 Å². The molecular formula is C26H25FN4O3. The molecule has 1 aromatic heterocycles. The maximum absolute atomic E-state index is 15.2. The zero-order chi connectivity index (χ0) is 23.9. The molecule has 2 aromatic carbocycles. The van der Waals surface area contributed by atoms with Gasteiger partial charge in [0.15, 0.2) is 11.4 Å². The average Bonchev–Trinajstić information content (AvgIpc) is 2.86. The number of aliphatic imine (C=N–C) groups is 1. The van der Waals surface area contributed by atoms with E-state index in [2.05, 4.69) is 16.7 Å². The van der Waals surface area contributed by atoms with Crippen LogP contribution in [0.3, 0.4) is 0 Å². The summed E-state index contributed by atoms with van der Waals surface area (Å²) in [6.07, 6.45) is 5.35. The summed E-state index contributed by atoms with van der Waals surface area (Å²) in [5.41, 5.74) is 1.40. The summed E-state index contributed by atoms with van der Waals surface area (Å²) in [7, 11) is 0. The number of rotatable bonds is 8. The maximum atomic E-state index is 15.2. The van der Waals surface area contributed by atoms with E-state index >= 15 is 4.39 Å². The second-order valence-electron chi connectivity index (χ2n) is 7.80. The van der Waals surface area contributed by atoms with Crippen LogP contribution in [0.1, 0.15) is 36.4 Å². The summed E-state index contributed by atoms with van der Waals surface area (Å²) in [5.74, 6) is -0.297. The molecule has 1 N–H and O–H groups in total. The largest absolute Gasteiger partial charge is 0.460 e. The molecule has 0 radical (unpaired) electrons. The van der Waals surface area contributed by atoms with Gasteiger partial charge in [0.2, 0.25) is 0 Å². The highest BCUT2D eigenvalue weighted by Crippen LogP contribution is 2.29. The van der Waals surface area contributed by atoms with Crippen LogP contribution in [0.25, 0.3) is 5.69 Å². The Morgan fingerprint density at radius 3 is 2.71 bits per heavy atom. The molecule has 174 valence electrons. The number of para-hydroxylation sites is 1. The summed E-state index contributed by atoms with van der Waals surface area (Å²) in [4.78, 5) is 17.6. The fourth-order valence-corrected chi connectivity index (χ4v) is 3.90. The van der Waals surface area contributed by atoms with Crippen molar-refractivity contribution >= 4 is 17.6 Å². The molecule has 2 heterocycles. The van der Waals surface area contributed by atoms with Gasteiger partial charge in [-0.2, -0.15) is 5.10 Å². The lowest BCUT2D eigenvalue weighted by atomic mass is 9.91. The fourth-order valence-electron chi connectivity index (χ4n) is 3.90. The van der Waals surface area contributed by atoms with Crippen molar-refractivity contribution in [3.63, 3.8) is 0 Å². The van der Waals surface area contributed by atoms with Gasteiger partial charge in [-0.15, -0.1) is 0 Å². The van der Waals surface area contributed by atoms with Crippen LogP contribution >= 0.6 is 0 Å². The second-order valence-corrected chi connectivity index (χ2v) is 7.80. The normalized spacial score (nSPS) is 14.6. The number of aromatic nitrogens is 2. The molecule has 0 amide bonds. The molecule has 1 aliphatic heterocycles. The highest BCUT2D eigenvalue weighted by atomic mass is 19.1. The number of hydrogen-bond acceptors (Lipinski definition) is 6. The Bertz CT molecular complexity index is 1260. The summed E-state index contributed by atoms with van der Waals surface area (Å²) < 4.78 is 27.2. The Balaban J connectivity index is 1.81. The van der Waals surface area contributed by atoms with E-state index in [0.717, 1.165) is 30.9 Å². The van der Waals surface area contributed by atoms with Crippen LogP contribution in [0.5, 0.6) is 5.75 Å². The van der Waals surface area contributed by atoms with Gasteiger partial charge in [0.25, 0.3) is 5.43 Å². The molecule has 4 rings (SSSR count). The van der Waals surface area contributed by atoms with Crippen LogP contribution in [0.4, 0.5) is 10.1 Å². The van der Waals surface area contributed by atoms with E-state index < -0.39 is 11.2 Å². The van der Waals surface area contributed by atoms with Crippen molar-refractivity contribution < 1.29 is 13.9 Å². The molecule has 0 atom stereocenters. The van der Waals surface area contributed by atoms with Gasteiger partial charge >= 0.3 is 0 Å². The molecule has 7 nitrogen and oxygen atoms in total. The van der Waals surface area contributed by atoms with Gasteiger partial charge < -0.3 is 14.9 Å². The van der Waals surface area contributed by atoms with E-state index in [-0.39, 0.29) is 35.2 Å². The van der Waals surface area contributed by atoms with E-state index in [1.54, 1.807) is 18.2 Å². The maximum Gasteiger partial charge on any atom is 0.251 e. The van der Waals surface area contributed by atoms with Gasteiger partial charge in [-0.25, -0.2) is 9.07 Å². The minimum atomic E-state index is -0.521. The molecule has 3 aromatic rings. The average molecular weight is 461 g/mol. The minimum Gasteiger partial charge on any atom is -0.460 e. The predicted molar refractivity (Wildman–Crippen MR) is 129 cm³/mol. The van der Waals surface area contributed by atoms with E-state index in [1.165, 1.54) is 16.9 Å². The Kier molecular flexibility index (Phi) is 7.39. The van der Waals surface area contributed by atoms with Gasteiger partial charge in [-0.3, -0.25) is 9.79 Å². The van der Waals surface area contributed by atoms with Gasteiger partial charge in [0, 0.05) is 25.8 Å². The van der Waals surface area contributed by atoms with Gasteiger partial charge in [-0.1, -0.05) is 30.8 Å². The van der Waals surface area contributed by atoms with E-state index in [0.29, 0.717) is 18.9 Å². The van der Waals surface area contributed by atoms with Crippen LogP contribution in [-0.4, -0.2) is 34.9 Å². The van der Waals surface area contributed by atoms with Crippen molar-refractivity contribution in [2.24, 2.45) is 4.99 Å². The lowest BCUT2D eigenvalue weighted by Gasteiger charge is -2.22. The molecule has 0 spiro atoms. The molecule has 8 heteroatoms. The first-order valence-corrected chi connectivity index (χ1v) is 11.0. The summed E-state index contributed by atoms with van der Waals surface area (Å²) in [5, 5.41) is 12.0. The third-order valence-electron chi connectivity index (χ3n) is 5.60. The summed E-state index contributed by atoms with van der Waals surface area (Å²) >= 11 is 0. The lowest BCUT2D eigenvalue weighted by molar-refractivity contribution is 0.0853. The van der Waals surface area contributed by atoms with Gasteiger partial charge in [0.1, 0.15) is 11.5 Å². The van der Waals surface area contributed by atoms with Crippen molar-refractivity contribution in [1.29, 1.82) is 5.41 Å². The van der Waals surface area contributed by atoms with Crippen molar-refractivity contribution in [2.45, 2.75) is 25.2 Å². The highest BCUT2D eigenvalue weighted by Gasteiger charge is 2.20. The first kappa shape index (κ1) is 23.3. The molecule has 34 heavy (non-hydrogen) atoms. The number of nitrogens with zero attached hydrogens (tertiary/aromatic N) is 3. The van der Waals surface area contributed by atoms with Crippen LogP contribution in [0, 0.1) is 11.2 Å². The third kappa shape index (κ3) is 5.18. The van der Waals surface area contributed by atoms with E-state index in [9.17, 15) is 4.79 Å². The fraction of sp³-hybridized carbons (Fsp3) is 0.231. The van der Waals surface area contributed by atoms with Gasteiger partial charge in [0.05, 0.1) is 23.9 Å². The second kappa shape index (κ2) is 10.8. The van der Waals surface area contributed by atoms with Crippen LogP contribution < -0.4 is 10.2 Å². The third-order valence-corrected chi connectivity index (χ3v) is 5.60. The summed E-state index contributed by atoms with van der Waals surface area (Å²) in [6.45, 7) is 4.85. The number of benzene rings is 2. The number of nitrogens with one attached hydrogen (secondary N) is 1. The molecule has 0 unspecified atom stereocenters. The highest BCUT2D eigenvalue weighted by molar-refractivity contribution is 6.06. The molecule has 0 saturated carbocycles. The standard InChI is InChI=1S/C26H25FN4O3/c1-2-34-24-17-31(23-9-8-19(16-21(23)27)18-11-14-33-15-12-18)30-25(26(24)32)22(10-13-28)29-20-6-4-3-5-7-20/h2-9,13,16-18,28H,1,10-12,14-15H2. The van der Waals surface area contributed by atoms with E-state index in [4.69, 9.17) is 14.9 Å². The quantitative estimate of drug-likeness (QED) is 0.381. The Morgan fingerprint density at radius 1 is 1.26 bits per heavy atom. The lowest BCUT2D eigenvalue weighted by Crippen LogP contribution is -2.24.